The van der Waals surface area contributed by atoms with E-state index in [1.807, 2.05) is 0 Å². The summed E-state index contributed by atoms with van der Waals surface area (Å²) in [6, 6.07) is 5.01. The van der Waals surface area contributed by atoms with Crippen LogP contribution in [0.4, 0.5) is 4.39 Å². The first-order valence-electron chi connectivity index (χ1n) is 4.76. The van der Waals surface area contributed by atoms with Gasteiger partial charge in [0.2, 0.25) is 0 Å². The molecule has 5 heteroatoms. The lowest BCUT2D eigenvalue weighted by atomic mass is 10.1. The number of aromatic nitrogens is 1. The zero-order valence-electron chi connectivity index (χ0n) is 8.88. The molecule has 2 nitrogen and oxygen atoms in total. The maximum Gasteiger partial charge on any atom is 0.183 e. The Morgan fingerprint density at radius 1 is 1.18 bits per heavy atom. The van der Waals surface area contributed by atoms with Crippen LogP contribution in [-0.2, 0) is 0 Å². The van der Waals surface area contributed by atoms with E-state index >= 15 is 0 Å². The van der Waals surface area contributed by atoms with Gasteiger partial charge in [0.15, 0.2) is 11.6 Å². The summed E-state index contributed by atoms with van der Waals surface area (Å²) in [4.78, 5) is 3.79. The quantitative estimate of drug-likeness (QED) is 0.817. The van der Waals surface area contributed by atoms with Gasteiger partial charge in [0, 0.05) is 11.8 Å². The summed E-state index contributed by atoms with van der Waals surface area (Å²) in [7, 11) is 1.40. The average molecular weight is 272 g/mol. The van der Waals surface area contributed by atoms with E-state index in [1.165, 1.54) is 13.3 Å². The standard InChI is InChI=1S/C12H8Cl2FNO/c1-17-12-8(5-16-6-11(12)15)7-2-3-9(13)10(14)4-7/h2-6H,1H3. The highest BCUT2D eigenvalue weighted by atomic mass is 35.5. The molecule has 88 valence electrons. The molecule has 0 radical (unpaired) electrons. The van der Waals surface area contributed by atoms with Crippen LogP contribution < -0.4 is 4.74 Å². The number of rotatable bonds is 2. The number of methoxy groups -OCH3 is 1. The minimum absolute atomic E-state index is 0.137. The van der Waals surface area contributed by atoms with Crippen LogP contribution in [-0.4, -0.2) is 12.1 Å². The van der Waals surface area contributed by atoms with Crippen molar-refractivity contribution >= 4 is 23.2 Å². The lowest BCUT2D eigenvalue weighted by Gasteiger charge is -2.09. The normalized spacial score (nSPS) is 10.4. The van der Waals surface area contributed by atoms with Gasteiger partial charge in [-0.05, 0) is 17.7 Å². The summed E-state index contributed by atoms with van der Waals surface area (Å²) in [5, 5.41) is 0.842. The first-order chi connectivity index (χ1) is 8.13. The molecule has 0 atom stereocenters. The summed E-state index contributed by atoms with van der Waals surface area (Å²) in [6.45, 7) is 0. The van der Waals surface area contributed by atoms with Crippen LogP contribution in [0.2, 0.25) is 10.0 Å². The number of benzene rings is 1. The van der Waals surface area contributed by atoms with Crippen molar-refractivity contribution in [1.82, 2.24) is 4.98 Å². The van der Waals surface area contributed by atoms with Crippen molar-refractivity contribution in [2.45, 2.75) is 0 Å². The lowest BCUT2D eigenvalue weighted by molar-refractivity contribution is 0.387. The number of nitrogens with zero attached hydrogens (tertiary/aromatic N) is 1. The molecule has 1 heterocycles. The molecule has 17 heavy (non-hydrogen) atoms. The second-order valence-electron chi connectivity index (χ2n) is 3.33. The highest BCUT2D eigenvalue weighted by Gasteiger charge is 2.12. The van der Waals surface area contributed by atoms with Gasteiger partial charge < -0.3 is 4.74 Å². The van der Waals surface area contributed by atoms with Crippen LogP contribution in [0, 0.1) is 5.82 Å². The van der Waals surface area contributed by atoms with Crippen molar-refractivity contribution in [2.24, 2.45) is 0 Å². The summed E-state index contributed by atoms with van der Waals surface area (Å²) in [5.41, 5.74) is 1.23. The van der Waals surface area contributed by atoms with E-state index in [1.54, 1.807) is 18.2 Å². The molecule has 0 aliphatic heterocycles. The van der Waals surface area contributed by atoms with Gasteiger partial charge in [0.05, 0.1) is 23.4 Å². The minimum atomic E-state index is -0.518. The SMILES string of the molecule is COc1c(F)cncc1-c1ccc(Cl)c(Cl)c1. The van der Waals surface area contributed by atoms with Gasteiger partial charge in [-0.25, -0.2) is 4.39 Å². The number of ether oxygens (including phenoxy) is 1. The highest BCUT2D eigenvalue weighted by Crippen LogP contribution is 2.34. The molecule has 0 unspecified atom stereocenters. The molecule has 0 amide bonds. The molecule has 2 rings (SSSR count). The fourth-order valence-electron chi connectivity index (χ4n) is 1.50. The Morgan fingerprint density at radius 2 is 1.94 bits per heavy atom. The topological polar surface area (TPSA) is 22.1 Å². The van der Waals surface area contributed by atoms with E-state index in [9.17, 15) is 4.39 Å². The Kier molecular flexibility index (Phi) is 3.50. The zero-order chi connectivity index (χ0) is 12.4. The number of hydrogen-bond acceptors (Lipinski definition) is 2. The molecule has 0 N–H and O–H groups in total. The van der Waals surface area contributed by atoms with E-state index in [2.05, 4.69) is 4.98 Å². The molecule has 1 aromatic heterocycles. The van der Waals surface area contributed by atoms with Crippen molar-refractivity contribution < 1.29 is 9.13 Å². The van der Waals surface area contributed by atoms with Crippen LogP contribution in [0.1, 0.15) is 0 Å². The van der Waals surface area contributed by atoms with Crippen LogP contribution >= 0.6 is 23.2 Å². The second kappa shape index (κ2) is 4.90. The predicted octanol–water partition coefficient (Wildman–Crippen LogP) is 4.20. The molecule has 0 saturated heterocycles. The zero-order valence-corrected chi connectivity index (χ0v) is 10.4. The van der Waals surface area contributed by atoms with E-state index < -0.39 is 5.82 Å². The maximum absolute atomic E-state index is 13.5. The maximum atomic E-state index is 13.5. The van der Waals surface area contributed by atoms with E-state index in [4.69, 9.17) is 27.9 Å². The Morgan fingerprint density at radius 3 is 2.59 bits per heavy atom. The van der Waals surface area contributed by atoms with E-state index in [0.29, 0.717) is 21.2 Å². The molecule has 1 aromatic carbocycles. The average Bonchev–Trinajstić information content (AvgIpc) is 2.32. The van der Waals surface area contributed by atoms with Gasteiger partial charge in [0.25, 0.3) is 0 Å². The van der Waals surface area contributed by atoms with Gasteiger partial charge in [-0.1, -0.05) is 29.3 Å². The summed E-state index contributed by atoms with van der Waals surface area (Å²) in [5.74, 6) is -0.380. The largest absolute Gasteiger partial charge is 0.493 e. The van der Waals surface area contributed by atoms with Crippen LogP contribution in [0.5, 0.6) is 5.75 Å². The van der Waals surface area contributed by atoms with Crippen molar-refractivity contribution in [3.8, 4) is 16.9 Å². The fourth-order valence-corrected chi connectivity index (χ4v) is 1.80. The van der Waals surface area contributed by atoms with Gasteiger partial charge in [-0.2, -0.15) is 0 Å². The third-order valence-electron chi connectivity index (χ3n) is 2.29. The Hall–Kier alpha value is -1.32. The van der Waals surface area contributed by atoms with Crippen molar-refractivity contribution in [1.29, 1.82) is 0 Å². The molecule has 0 aliphatic rings. The van der Waals surface area contributed by atoms with E-state index in [0.717, 1.165) is 6.20 Å². The van der Waals surface area contributed by atoms with Crippen molar-refractivity contribution in [2.75, 3.05) is 7.11 Å². The molecular formula is C12H8Cl2FNO. The lowest BCUT2D eigenvalue weighted by Crippen LogP contribution is -1.93. The van der Waals surface area contributed by atoms with Crippen molar-refractivity contribution in [3.05, 3.63) is 46.5 Å². The second-order valence-corrected chi connectivity index (χ2v) is 4.15. The molecular weight excluding hydrogens is 264 g/mol. The van der Waals surface area contributed by atoms with Gasteiger partial charge in [-0.15, -0.1) is 0 Å². The fraction of sp³-hybridized carbons (Fsp3) is 0.0833. The Balaban J connectivity index is 2.60. The first kappa shape index (κ1) is 12.1. The van der Waals surface area contributed by atoms with Gasteiger partial charge in [-0.3, -0.25) is 4.98 Å². The van der Waals surface area contributed by atoms with E-state index in [-0.39, 0.29) is 5.75 Å². The van der Waals surface area contributed by atoms with Crippen LogP contribution in [0.15, 0.2) is 30.6 Å². The smallest absolute Gasteiger partial charge is 0.183 e. The minimum Gasteiger partial charge on any atom is -0.493 e. The third-order valence-corrected chi connectivity index (χ3v) is 3.03. The molecule has 0 aliphatic carbocycles. The molecule has 0 spiro atoms. The van der Waals surface area contributed by atoms with Gasteiger partial charge in [0.1, 0.15) is 0 Å². The number of pyridine rings is 1. The van der Waals surface area contributed by atoms with Crippen LogP contribution in [0.3, 0.4) is 0 Å². The first-order valence-corrected chi connectivity index (χ1v) is 5.52. The number of halogens is 3. The monoisotopic (exact) mass is 271 g/mol. The summed E-state index contributed by atoms with van der Waals surface area (Å²) >= 11 is 11.7. The molecule has 0 bridgehead atoms. The molecule has 2 aromatic rings. The Labute approximate surface area is 108 Å². The Bertz CT molecular complexity index is 560. The summed E-state index contributed by atoms with van der Waals surface area (Å²) in [6.07, 6.45) is 2.61. The van der Waals surface area contributed by atoms with Crippen molar-refractivity contribution in [3.63, 3.8) is 0 Å². The summed E-state index contributed by atoms with van der Waals surface area (Å²) < 4.78 is 18.5. The number of hydrogen-bond donors (Lipinski definition) is 0. The third kappa shape index (κ3) is 2.35. The van der Waals surface area contributed by atoms with Crippen LogP contribution in [0.25, 0.3) is 11.1 Å². The predicted molar refractivity (Wildman–Crippen MR) is 66.2 cm³/mol. The van der Waals surface area contributed by atoms with Gasteiger partial charge >= 0.3 is 0 Å². The molecule has 0 fully saturated rings. The molecule has 0 saturated carbocycles. The highest BCUT2D eigenvalue weighted by molar-refractivity contribution is 6.42.